The summed E-state index contributed by atoms with van der Waals surface area (Å²) in [7, 11) is -3.75. The highest BCUT2D eigenvalue weighted by atomic mass is 32.2. The van der Waals surface area contributed by atoms with Gasteiger partial charge in [-0.05, 0) is 37.0 Å². The number of carboxylic acid groups (broad SMARTS) is 1. The summed E-state index contributed by atoms with van der Waals surface area (Å²) < 4.78 is 38.9. The van der Waals surface area contributed by atoms with Crippen molar-refractivity contribution in [3.63, 3.8) is 0 Å². The zero-order chi connectivity index (χ0) is 14.9. The molecule has 0 aromatic heterocycles. The highest BCUT2D eigenvalue weighted by Crippen LogP contribution is 2.24. The zero-order valence-electron chi connectivity index (χ0n) is 11.0. The number of nitrogens with zero attached hydrogens (tertiary/aromatic N) is 1. The van der Waals surface area contributed by atoms with E-state index in [1.807, 2.05) is 0 Å². The van der Waals surface area contributed by atoms with Crippen LogP contribution in [0.2, 0.25) is 0 Å². The van der Waals surface area contributed by atoms with Crippen LogP contribution >= 0.6 is 0 Å². The summed E-state index contributed by atoms with van der Waals surface area (Å²) in [6.07, 6.45) is 0.843. The van der Waals surface area contributed by atoms with Crippen LogP contribution in [0, 0.1) is 12.7 Å². The van der Waals surface area contributed by atoms with E-state index in [0.717, 1.165) is 4.31 Å². The van der Waals surface area contributed by atoms with Gasteiger partial charge in [0, 0.05) is 6.54 Å². The van der Waals surface area contributed by atoms with Crippen LogP contribution in [-0.2, 0) is 20.6 Å². The van der Waals surface area contributed by atoms with Gasteiger partial charge in [0.2, 0.25) is 10.0 Å². The van der Waals surface area contributed by atoms with Gasteiger partial charge in [0.05, 0.1) is 5.75 Å². The molecule has 1 aliphatic heterocycles. The summed E-state index contributed by atoms with van der Waals surface area (Å²) in [5.74, 6) is -1.98. The van der Waals surface area contributed by atoms with E-state index in [4.69, 9.17) is 5.11 Å². The first-order valence-corrected chi connectivity index (χ1v) is 7.89. The lowest BCUT2D eigenvalue weighted by atomic mass is 10.2. The molecule has 20 heavy (non-hydrogen) atoms. The van der Waals surface area contributed by atoms with Gasteiger partial charge in [-0.1, -0.05) is 12.1 Å². The van der Waals surface area contributed by atoms with Gasteiger partial charge in [-0.15, -0.1) is 0 Å². The minimum absolute atomic E-state index is 0.202. The highest BCUT2D eigenvalue weighted by molar-refractivity contribution is 7.88. The molecule has 0 spiro atoms. The molecule has 0 bridgehead atoms. The SMILES string of the molecule is Cc1ccc(CS(=O)(=O)N2CCC[C@@H]2C(=O)O)cc1F. The summed E-state index contributed by atoms with van der Waals surface area (Å²) >= 11 is 0. The topological polar surface area (TPSA) is 74.7 Å². The molecule has 1 heterocycles. The Labute approximate surface area is 117 Å². The zero-order valence-corrected chi connectivity index (χ0v) is 11.9. The predicted molar refractivity (Wildman–Crippen MR) is 71.1 cm³/mol. The van der Waals surface area contributed by atoms with Crippen LogP contribution < -0.4 is 0 Å². The van der Waals surface area contributed by atoms with Crippen LogP contribution in [0.25, 0.3) is 0 Å². The third-order valence-electron chi connectivity index (χ3n) is 3.43. The number of carboxylic acids is 1. The van der Waals surface area contributed by atoms with Gasteiger partial charge >= 0.3 is 5.97 Å². The molecule has 1 aromatic rings. The number of aliphatic carboxylic acids is 1. The Hall–Kier alpha value is -1.47. The highest BCUT2D eigenvalue weighted by Gasteiger charge is 2.38. The maximum absolute atomic E-state index is 13.4. The molecular formula is C13H16FNO4S. The van der Waals surface area contributed by atoms with Crippen LogP contribution in [0.1, 0.15) is 24.0 Å². The predicted octanol–water partition coefficient (Wildman–Crippen LogP) is 1.51. The Kier molecular flexibility index (Phi) is 4.10. The number of rotatable bonds is 4. The summed E-state index contributed by atoms with van der Waals surface area (Å²) in [4.78, 5) is 11.0. The second kappa shape index (κ2) is 5.49. The fraction of sp³-hybridized carbons (Fsp3) is 0.462. The smallest absolute Gasteiger partial charge is 0.322 e. The maximum Gasteiger partial charge on any atom is 0.322 e. The fourth-order valence-corrected chi connectivity index (χ4v) is 4.10. The normalized spacial score (nSPS) is 20.2. The van der Waals surface area contributed by atoms with Crippen LogP contribution in [0.15, 0.2) is 18.2 Å². The molecule has 0 amide bonds. The third kappa shape index (κ3) is 2.99. The minimum Gasteiger partial charge on any atom is -0.480 e. The standard InChI is InChI=1S/C13H16FNO4S/c1-9-4-5-10(7-11(9)14)8-20(18,19)15-6-2-3-12(15)13(16)17/h4-5,7,12H,2-3,6,8H2,1H3,(H,16,17)/t12-/m1/s1. The second-order valence-electron chi connectivity index (χ2n) is 4.95. The lowest BCUT2D eigenvalue weighted by Crippen LogP contribution is -2.40. The molecule has 5 nitrogen and oxygen atoms in total. The van der Waals surface area contributed by atoms with Crippen LogP contribution in [0.3, 0.4) is 0 Å². The fourth-order valence-electron chi connectivity index (χ4n) is 2.34. The molecular weight excluding hydrogens is 285 g/mol. The molecule has 1 N–H and O–H groups in total. The first-order valence-electron chi connectivity index (χ1n) is 6.28. The first kappa shape index (κ1) is 14.9. The van der Waals surface area contributed by atoms with Crippen LogP contribution in [0.4, 0.5) is 4.39 Å². The van der Waals surface area contributed by atoms with E-state index in [9.17, 15) is 17.6 Å². The van der Waals surface area contributed by atoms with Gasteiger partial charge < -0.3 is 5.11 Å². The molecule has 7 heteroatoms. The molecule has 1 atom stereocenters. The largest absolute Gasteiger partial charge is 0.480 e. The van der Waals surface area contributed by atoms with Crippen LogP contribution in [0.5, 0.6) is 0 Å². The van der Waals surface area contributed by atoms with Crippen molar-refractivity contribution in [2.45, 2.75) is 31.6 Å². The van der Waals surface area contributed by atoms with Crippen molar-refractivity contribution in [2.75, 3.05) is 6.54 Å². The molecule has 0 unspecified atom stereocenters. The Morgan fingerprint density at radius 2 is 2.20 bits per heavy atom. The van der Waals surface area contributed by atoms with E-state index >= 15 is 0 Å². The molecule has 1 saturated heterocycles. The van der Waals surface area contributed by atoms with Gasteiger partial charge in [0.15, 0.2) is 0 Å². The van der Waals surface area contributed by atoms with Gasteiger partial charge in [0.25, 0.3) is 0 Å². The summed E-state index contributed by atoms with van der Waals surface area (Å²) in [6, 6.07) is 3.23. The van der Waals surface area contributed by atoms with E-state index in [0.29, 0.717) is 24.0 Å². The Balaban J connectivity index is 2.22. The molecule has 2 rings (SSSR count). The summed E-state index contributed by atoms with van der Waals surface area (Å²) in [6.45, 7) is 1.79. The van der Waals surface area contributed by atoms with Gasteiger partial charge in [0.1, 0.15) is 11.9 Å². The number of aryl methyl sites for hydroxylation is 1. The quantitative estimate of drug-likeness (QED) is 0.915. The summed E-state index contributed by atoms with van der Waals surface area (Å²) in [5, 5.41) is 9.03. The molecule has 110 valence electrons. The number of halogens is 1. The molecule has 0 saturated carbocycles. The monoisotopic (exact) mass is 301 g/mol. The van der Waals surface area contributed by atoms with E-state index in [1.54, 1.807) is 13.0 Å². The maximum atomic E-state index is 13.4. The lowest BCUT2D eigenvalue weighted by Gasteiger charge is -2.21. The van der Waals surface area contributed by atoms with E-state index in [2.05, 4.69) is 0 Å². The average molecular weight is 301 g/mol. The molecule has 1 fully saturated rings. The molecule has 1 aromatic carbocycles. The van der Waals surface area contributed by atoms with Gasteiger partial charge in [-0.25, -0.2) is 12.8 Å². The Morgan fingerprint density at radius 1 is 1.50 bits per heavy atom. The van der Waals surface area contributed by atoms with E-state index < -0.39 is 27.9 Å². The number of hydrogen-bond acceptors (Lipinski definition) is 3. The third-order valence-corrected chi connectivity index (χ3v) is 5.28. The van der Waals surface area contributed by atoms with Crippen molar-refractivity contribution in [2.24, 2.45) is 0 Å². The Bertz CT molecular complexity index is 629. The van der Waals surface area contributed by atoms with Crippen molar-refractivity contribution in [1.82, 2.24) is 4.31 Å². The van der Waals surface area contributed by atoms with Crippen molar-refractivity contribution in [3.8, 4) is 0 Å². The first-order chi connectivity index (χ1) is 9.31. The molecule has 0 aliphatic carbocycles. The average Bonchev–Trinajstić information content (AvgIpc) is 2.83. The number of benzene rings is 1. The second-order valence-corrected chi connectivity index (χ2v) is 6.87. The van der Waals surface area contributed by atoms with Crippen molar-refractivity contribution in [3.05, 3.63) is 35.1 Å². The summed E-state index contributed by atoms with van der Waals surface area (Å²) in [5.41, 5.74) is 0.764. The number of carbonyl (C=O) groups is 1. The van der Waals surface area contributed by atoms with Crippen molar-refractivity contribution >= 4 is 16.0 Å². The van der Waals surface area contributed by atoms with Gasteiger partial charge in [-0.2, -0.15) is 4.31 Å². The van der Waals surface area contributed by atoms with E-state index in [-0.39, 0.29) is 12.3 Å². The van der Waals surface area contributed by atoms with Gasteiger partial charge in [-0.3, -0.25) is 4.79 Å². The molecule has 1 aliphatic rings. The lowest BCUT2D eigenvalue weighted by molar-refractivity contribution is -0.140. The Morgan fingerprint density at radius 3 is 2.80 bits per heavy atom. The number of sulfonamides is 1. The van der Waals surface area contributed by atoms with Crippen LogP contribution in [-0.4, -0.2) is 36.4 Å². The van der Waals surface area contributed by atoms with Crippen molar-refractivity contribution < 1.29 is 22.7 Å². The number of hydrogen-bond donors (Lipinski definition) is 1. The minimum atomic E-state index is -3.75. The van der Waals surface area contributed by atoms with E-state index in [1.165, 1.54) is 12.1 Å². The van der Waals surface area contributed by atoms with Crippen molar-refractivity contribution in [1.29, 1.82) is 0 Å². The molecule has 0 radical (unpaired) electrons.